The Morgan fingerprint density at radius 3 is 2.41 bits per heavy atom. The Hall–Kier alpha value is -2.60. The zero-order valence-electron chi connectivity index (χ0n) is 16.6. The summed E-state index contributed by atoms with van der Waals surface area (Å²) in [6.07, 6.45) is 1.15. The Bertz CT molecular complexity index is 893. The number of likely N-dealkylation sites (tertiary alicyclic amines) is 1. The van der Waals surface area contributed by atoms with E-state index in [-0.39, 0.29) is 17.0 Å². The van der Waals surface area contributed by atoms with Gasteiger partial charge in [-0.15, -0.1) is 0 Å². The molecule has 1 aliphatic heterocycles. The summed E-state index contributed by atoms with van der Waals surface area (Å²) in [6, 6.07) is 11.8. The number of hydrogen-bond donors (Lipinski definition) is 2. The average molecular weight is 418 g/mol. The van der Waals surface area contributed by atoms with E-state index >= 15 is 0 Å². The number of halogens is 2. The van der Waals surface area contributed by atoms with Gasteiger partial charge in [0.15, 0.2) is 0 Å². The number of carbonyl (C=O) groups is 2. The first kappa shape index (κ1) is 21.1. The van der Waals surface area contributed by atoms with Gasteiger partial charge >= 0.3 is 6.03 Å². The van der Waals surface area contributed by atoms with Gasteiger partial charge < -0.3 is 15.5 Å². The Balaban J connectivity index is 1.51. The highest BCUT2D eigenvalue weighted by Gasteiger charge is 2.37. The number of aryl methyl sites for hydroxylation is 1. The van der Waals surface area contributed by atoms with Crippen molar-refractivity contribution in [3.05, 3.63) is 64.4 Å². The van der Waals surface area contributed by atoms with Gasteiger partial charge in [0.2, 0.25) is 5.91 Å². The number of rotatable bonds is 4. The molecule has 1 fully saturated rings. The maximum Gasteiger partial charge on any atom is 0.321 e. The summed E-state index contributed by atoms with van der Waals surface area (Å²) in [5.41, 5.74) is 2.16. The topological polar surface area (TPSA) is 61.4 Å². The molecule has 0 unspecified atom stereocenters. The Kier molecular flexibility index (Phi) is 6.42. The smallest absolute Gasteiger partial charge is 0.321 e. The van der Waals surface area contributed by atoms with E-state index < -0.39 is 11.2 Å². The molecular weight excluding hydrogens is 393 g/mol. The molecule has 1 saturated heterocycles. The third-order valence-electron chi connectivity index (χ3n) is 5.45. The molecule has 2 aromatic rings. The van der Waals surface area contributed by atoms with Crippen molar-refractivity contribution in [1.29, 1.82) is 0 Å². The number of anilines is 1. The molecule has 7 heteroatoms. The van der Waals surface area contributed by atoms with Gasteiger partial charge in [-0.3, -0.25) is 4.79 Å². The van der Waals surface area contributed by atoms with Crippen molar-refractivity contribution < 1.29 is 14.0 Å². The first-order valence-electron chi connectivity index (χ1n) is 9.62. The van der Waals surface area contributed by atoms with Gasteiger partial charge in [-0.2, -0.15) is 0 Å². The first-order chi connectivity index (χ1) is 13.8. The van der Waals surface area contributed by atoms with E-state index in [0.29, 0.717) is 38.2 Å². The molecule has 0 saturated carbocycles. The van der Waals surface area contributed by atoms with Crippen LogP contribution in [0.3, 0.4) is 0 Å². The van der Waals surface area contributed by atoms with Crippen LogP contribution in [0.25, 0.3) is 0 Å². The quantitative estimate of drug-likeness (QED) is 0.754. The van der Waals surface area contributed by atoms with Gasteiger partial charge in [0.1, 0.15) is 5.82 Å². The highest BCUT2D eigenvalue weighted by atomic mass is 35.5. The van der Waals surface area contributed by atoms with Crippen LogP contribution in [0.1, 0.15) is 30.9 Å². The molecule has 0 aliphatic carbocycles. The molecule has 0 atom stereocenters. The van der Waals surface area contributed by atoms with Crippen LogP contribution in [0.15, 0.2) is 42.5 Å². The van der Waals surface area contributed by atoms with Crippen molar-refractivity contribution in [2.24, 2.45) is 5.41 Å². The van der Waals surface area contributed by atoms with E-state index in [9.17, 15) is 14.0 Å². The number of amides is 3. The Morgan fingerprint density at radius 1 is 1.14 bits per heavy atom. The van der Waals surface area contributed by atoms with Crippen LogP contribution in [0, 0.1) is 18.2 Å². The Morgan fingerprint density at radius 2 is 1.79 bits per heavy atom. The van der Waals surface area contributed by atoms with Crippen LogP contribution in [-0.2, 0) is 11.3 Å². The summed E-state index contributed by atoms with van der Waals surface area (Å²) in [5, 5.41) is 5.70. The number of urea groups is 1. The molecule has 0 aromatic heterocycles. The molecule has 29 heavy (non-hydrogen) atoms. The lowest BCUT2D eigenvalue weighted by atomic mass is 9.79. The molecule has 0 bridgehead atoms. The lowest BCUT2D eigenvalue weighted by Crippen LogP contribution is -2.49. The zero-order valence-corrected chi connectivity index (χ0v) is 17.4. The minimum absolute atomic E-state index is 0.00319. The van der Waals surface area contributed by atoms with Crippen LogP contribution in [0.2, 0.25) is 5.02 Å². The fraction of sp³-hybridized carbons (Fsp3) is 0.364. The van der Waals surface area contributed by atoms with E-state index in [1.807, 2.05) is 38.1 Å². The molecule has 0 radical (unpaired) electrons. The van der Waals surface area contributed by atoms with Crippen molar-refractivity contribution >= 4 is 29.2 Å². The van der Waals surface area contributed by atoms with Crippen LogP contribution < -0.4 is 10.6 Å². The summed E-state index contributed by atoms with van der Waals surface area (Å²) in [4.78, 5) is 26.8. The number of nitrogens with zero attached hydrogens (tertiary/aromatic N) is 1. The summed E-state index contributed by atoms with van der Waals surface area (Å²) >= 11 is 5.75. The minimum atomic E-state index is -0.532. The summed E-state index contributed by atoms with van der Waals surface area (Å²) in [6.45, 7) is 5.39. The molecule has 154 valence electrons. The molecular formula is C22H25ClFN3O2. The predicted molar refractivity (Wildman–Crippen MR) is 112 cm³/mol. The fourth-order valence-corrected chi connectivity index (χ4v) is 3.49. The van der Waals surface area contributed by atoms with Gasteiger partial charge in [-0.1, -0.05) is 48.4 Å². The molecule has 2 N–H and O–H groups in total. The monoisotopic (exact) mass is 417 g/mol. The van der Waals surface area contributed by atoms with E-state index in [2.05, 4.69) is 10.6 Å². The first-order valence-corrected chi connectivity index (χ1v) is 9.99. The number of hydrogen-bond acceptors (Lipinski definition) is 2. The SMILES string of the molecule is Cc1ccc(CNC(=O)C2(C)CCN(C(=O)Nc3ccc(F)c(Cl)c3)CC2)cc1. The van der Waals surface area contributed by atoms with E-state index in [1.165, 1.54) is 23.8 Å². The third-order valence-corrected chi connectivity index (χ3v) is 5.74. The lowest BCUT2D eigenvalue weighted by molar-refractivity contribution is -0.132. The van der Waals surface area contributed by atoms with Crippen molar-refractivity contribution in [3.63, 3.8) is 0 Å². The van der Waals surface area contributed by atoms with Crippen LogP contribution in [0.5, 0.6) is 0 Å². The largest absolute Gasteiger partial charge is 0.352 e. The third kappa shape index (κ3) is 5.26. The lowest BCUT2D eigenvalue weighted by Gasteiger charge is -2.38. The summed E-state index contributed by atoms with van der Waals surface area (Å²) in [7, 11) is 0. The highest BCUT2D eigenvalue weighted by molar-refractivity contribution is 6.31. The van der Waals surface area contributed by atoms with Gasteiger partial charge in [0.25, 0.3) is 0 Å². The second-order valence-electron chi connectivity index (χ2n) is 7.78. The van der Waals surface area contributed by atoms with Crippen molar-refractivity contribution in [2.45, 2.75) is 33.2 Å². The number of carbonyl (C=O) groups excluding carboxylic acids is 2. The number of nitrogens with one attached hydrogen (secondary N) is 2. The Labute approximate surface area is 175 Å². The van der Waals surface area contributed by atoms with Gasteiger partial charge in [-0.05, 0) is 43.5 Å². The van der Waals surface area contributed by atoms with Crippen molar-refractivity contribution in [2.75, 3.05) is 18.4 Å². The van der Waals surface area contributed by atoms with Crippen LogP contribution in [0.4, 0.5) is 14.9 Å². The van der Waals surface area contributed by atoms with Crippen molar-refractivity contribution in [1.82, 2.24) is 10.2 Å². The molecule has 1 aliphatic rings. The standard InChI is InChI=1S/C22H25ClFN3O2/c1-15-3-5-16(6-4-15)14-25-20(28)22(2)9-11-27(12-10-22)21(29)26-17-7-8-19(24)18(23)13-17/h3-8,13H,9-12,14H2,1-2H3,(H,25,28)(H,26,29). The summed E-state index contributed by atoms with van der Waals surface area (Å²) < 4.78 is 13.2. The maximum absolute atomic E-state index is 13.2. The molecule has 5 nitrogen and oxygen atoms in total. The molecule has 3 amide bonds. The van der Waals surface area contributed by atoms with Gasteiger partial charge in [0.05, 0.1) is 5.02 Å². The number of piperidine rings is 1. The number of benzene rings is 2. The maximum atomic E-state index is 13.2. The minimum Gasteiger partial charge on any atom is -0.352 e. The summed E-state index contributed by atoms with van der Waals surface area (Å²) in [5.74, 6) is -0.529. The van der Waals surface area contributed by atoms with Gasteiger partial charge in [0, 0.05) is 30.7 Å². The van der Waals surface area contributed by atoms with E-state index in [4.69, 9.17) is 11.6 Å². The molecule has 0 spiro atoms. The van der Waals surface area contributed by atoms with E-state index in [1.54, 1.807) is 4.90 Å². The van der Waals surface area contributed by atoms with Gasteiger partial charge in [-0.25, -0.2) is 9.18 Å². The fourth-order valence-electron chi connectivity index (χ4n) is 3.31. The van der Waals surface area contributed by atoms with Crippen LogP contribution in [-0.4, -0.2) is 29.9 Å². The predicted octanol–water partition coefficient (Wildman–Crippen LogP) is 4.74. The average Bonchev–Trinajstić information content (AvgIpc) is 2.70. The van der Waals surface area contributed by atoms with Crippen molar-refractivity contribution in [3.8, 4) is 0 Å². The van der Waals surface area contributed by atoms with E-state index in [0.717, 1.165) is 5.56 Å². The molecule has 2 aromatic carbocycles. The molecule has 3 rings (SSSR count). The van der Waals surface area contributed by atoms with Crippen LogP contribution >= 0.6 is 11.6 Å². The second kappa shape index (κ2) is 8.82. The molecule has 1 heterocycles. The zero-order chi connectivity index (χ0) is 21.0. The normalized spacial score (nSPS) is 15.7. The second-order valence-corrected chi connectivity index (χ2v) is 8.18. The highest BCUT2D eigenvalue weighted by Crippen LogP contribution is 2.31.